The molecular weight excluding hydrogens is 316 g/mol. The molecule has 5 nitrogen and oxygen atoms in total. The van der Waals surface area contributed by atoms with Crippen LogP contribution in [0.1, 0.15) is 38.2 Å². The van der Waals surface area contributed by atoms with Gasteiger partial charge in [-0.15, -0.1) is 0 Å². The van der Waals surface area contributed by atoms with Crippen LogP contribution in [0.15, 0.2) is 24.3 Å². The highest BCUT2D eigenvalue weighted by Gasteiger charge is 2.39. The summed E-state index contributed by atoms with van der Waals surface area (Å²) in [6.07, 6.45) is 4.50. The van der Waals surface area contributed by atoms with E-state index in [1.54, 1.807) is 7.11 Å². The van der Waals surface area contributed by atoms with Gasteiger partial charge >= 0.3 is 0 Å². The molecule has 1 amide bonds. The number of amides is 1. The molecule has 25 heavy (non-hydrogen) atoms. The summed E-state index contributed by atoms with van der Waals surface area (Å²) >= 11 is 0. The first-order chi connectivity index (χ1) is 12.2. The van der Waals surface area contributed by atoms with Crippen LogP contribution in [0.3, 0.4) is 0 Å². The maximum absolute atomic E-state index is 12.4. The normalized spacial score (nSPS) is 29.0. The Morgan fingerprint density at radius 1 is 1.24 bits per heavy atom. The summed E-state index contributed by atoms with van der Waals surface area (Å²) in [4.78, 5) is 12.4. The standard InChI is InChI=1S/C20H30N2O3/c1-3-25-17-8-9-18-15(11-17)10-16(20(23)22-18)13-21-12-14-6-4-5-7-19(14)24-2/h4-7,15-18,21H,3,8-13H2,1-2H3,(H,22,23). The number of rotatable bonds is 7. The lowest BCUT2D eigenvalue weighted by Crippen LogP contribution is -2.54. The number of hydrogen-bond acceptors (Lipinski definition) is 4. The summed E-state index contributed by atoms with van der Waals surface area (Å²) in [6.45, 7) is 4.24. The first-order valence-electron chi connectivity index (χ1n) is 9.45. The fourth-order valence-corrected chi connectivity index (χ4v) is 4.24. The number of benzene rings is 1. The molecule has 1 saturated carbocycles. The quantitative estimate of drug-likeness (QED) is 0.796. The lowest BCUT2D eigenvalue weighted by Gasteiger charge is -2.42. The van der Waals surface area contributed by atoms with Gasteiger partial charge in [0.25, 0.3) is 0 Å². The molecule has 2 aliphatic rings. The highest BCUT2D eigenvalue weighted by molar-refractivity contribution is 5.80. The van der Waals surface area contributed by atoms with Gasteiger partial charge in [0.1, 0.15) is 5.75 Å². The Balaban J connectivity index is 1.51. The molecule has 4 unspecified atom stereocenters. The zero-order valence-corrected chi connectivity index (χ0v) is 15.3. The summed E-state index contributed by atoms with van der Waals surface area (Å²) in [6, 6.07) is 8.33. The molecule has 1 saturated heterocycles. The summed E-state index contributed by atoms with van der Waals surface area (Å²) in [7, 11) is 1.69. The fraction of sp³-hybridized carbons (Fsp3) is 0.650. The minimum absolute atomic E-state index is 0.0383. The summed E-state index contributed by atoms with van der Waals surface area (Å²) in [5.41, 5.74) is 1.12. The van der Waals surface area contributed by atoms with E-state index in [1.807, 2.05) is 18.2 Å². The second-order valence-electron chi connectivity index (χ2n) is 7.14. The van der Waals surface area contributed by atoms with Crippen LogP contribution in [-0.4, -0.2) is 38.3 Å². The molecule has 0 radical (unpaired) electrons. The molecular formula is C20H30N2O3. The van der Waals surface area contributed by atoms with Crippen LogP contribution in [0.2, 0.25) is 0 Å². The Kier molecular flexibility index (Phi) is 6.32. The minimum Gasteiger partial charge on any atom is -0.496 e. The number of ether oxygens (including phenoxy) is 2. The van der Waals surface area contributed by atoms with Crippen molar-refractivity contribution in [3.8, 4) is 5.75 Å². The number of carbonyl (C=O) groups is 1. The average molecular weight is 346 g/mol. The van der Waals surface area contributed by atoms with E-state index in [0.717, 1.165) is 43.6 Å². The maximum atomic E-state index is 12.4. The van der Waals surface area contributed by atoms with Crippen molar-refractivity contribution in [3.05, 3.63) is 29.8 Å². The number of nitrogens with one attached hydrogen (secondary N) is 2. The molecule has 138 valence electrons. The molecule has 0 bridgehead atoms. The van der Waals surface area contributed by atoms with Gasteiger partial charge in [-0.3, -0.25) is 4.79 Å². The van der Waals surface area contributed by atoms with E-state index in [4.69, 9.17) is 9.47 Å². The van der Waals surface area contributed by atoms with Crippen LogP contribution < -0.4 is 15.4 Å². The zero-order chi connectivity index (χ0) is 17.6. The van der Waals surface area contributed by atoms with Gasteiger partial charge < -0.3 is 20.1 Å². The number of carbonyl (C=O) groups excluding carboxylic acids is 1. The third-order valence-corrected chi connectivity index (χ3v) is 5.52. The van der Waals surface area contributed by atoms with Crippen molar-refractivity contribution in [2.45, 2.75) is 51.3 Å². The molecule has 1 aliphatic heterocycles. The smallest absolute Gasteiger partial charge is 0.224 e. The number of para-hydroxylation sites is 1. The largest absolute Gasteiger partial charge is 0.496 e. The fourth-order valence-electron chi connectivity index (χ4n) is 4.24. The predicted octanol–water partition coefficient (Wildman–Crippen LogP) is 2.49. The molecule has 1 aliphatic carbocycles. The van der Waals surface area contributed by atoms with Crippen LogP contribution in [0, 0.1) is 11.8 Å². The Labute approximate surface area is 150 Å². The predicted molar refractivity (Wildman–Crippen MR) is 97.5 cm³/mol. The number of piperidine rings is 1. The van der Waals surface area contributed by atoms with Gasteiger partial charge in [-0.25, -0.2) is 0 Å². The van der Waals surface area contributed by atoms with Crippen molar-refractivity contribution in [3.63, 3.8) is 0 Å². The van der Waals surface area contributed by atoms with Gasteiger partial charge in [0, 0.05) is 31.3 Å². The van der Waals surface area contributed by atoms with Gasteiger partial charge in [0.15, 0.2) is 0 Å². The third kappa shape index (κ3) is 4.53. The van der Waals surface area contributed by atoms with E-state index in [-0.39, 0.29) is 11.8 Å². The third-order valence-electron chi connectivity index (χ3n) is 5.52. The minimum atomic E-state index is 0.0383. The highest BCUT2D eigenvalue weighted by atomic mass is 16.5. The summed E-state index contributed by atoms with van der Waals surface area (Å²) in [5.74, 6) is 1.66. The first kappa shape index (κ1) is 18.2. The van der Waals surface area contributed by atoms with Gasteiger partial charge in [0.2, 0.25) is 5.91 Å². The van der Waals surface area contributed by atoms with Crippen LogP contribution in [0.4, 0.5) is 0 Å². The van der Waals surface area contributed by atoms with E-state index in [2.05, 4.69) is 23.6 Å². The highest BCUT2D eigenvalue weighted by Crippen LogP contribution is 2.34. The molecule has 1 aromatic rings. The van der Waals surface area contributed by atoms with Crippen molar-refractivity contribution >= 4 is 5.91 Å². The van der Waals surface area contributed by atoms with Crippen molar-refractivity contribution in [2.24, 2.45) is 11.8 Å². The van der Waals surface area contributed by atoms with E-state index in [0.29, 0.717) is 31.2 Å². The molecule has 1 aromatic carbocycles. The van der Waals surface area contributed by atoms with E-state index < -0.39 is 0 Å². The molecule has 5 heteroatoms. The average Bonchev–Trinajstić information content (AvgIpc) is 2.63. The van der Waals surface area contributed by atoms with Gasteiger partial charge in [-0.2, -0.15) is 0 Å². The van der Waals surface area contributed by atoms with E-state index in [9.17, 15) is 4.79 Å². The van der Waals surface area contributed by atoms with Gasteiger partial charge in [-0.1, -0.05) is 18.2 Å². The Morgan fingerprint density at radius 3 is 2.88 bits per heavy atom. The van der Waals surface area contributed by atoms with Crippen LogP contribution in [-0.2, 0) is 16.1 Å². The van der Waals surface area contributed by atoms with E-state index >= 15 is 0 Å². The Bertz CT molecular complexity index is 578. The van der Waals surface area contributed by atoms with Crippen molar-refractivity contribution in [1.82, 2.24) is 10.6 Å². The number of hydrogen-bond donors (Lipinski definition) is 2. The molecule has 4 atom stereocenters. The summed E-state index contributed by atoms with van der Waals surface area (Å²) in [5, 5.41) is 6.68. The molecule has 3 rings (SSSR count). The lowest BCUT2D eigenvalue weighted by atomic mass is 9.74. The second kappa shape index (κ2) is 8.68. The van der Waals surface area contributed by atoms with Gasteiger partial charge in [0.05, 0.1) is 19.1 Å². The molecule has 0 spiro atoms. The SMILES string of the molecule is CCOC1CCC2NC(=O)C(CNCc3ccccc3OC)CC2C1. The monoisotopic (exact) mass is 346 g/mol. The number of methoxy groups -OCH3 is 1. The second-order valence-corrected chi connectivity index (χ2v) is 7.14. The van der Waals surface area contributed by atoms with Crippen molar-refractivity contribution < 1.29 is 14.3 Å². The topological polar surface area (TPSA) is 59.6 Å². The van der Waals surface area contributed by atoms with Crippen LogP contribution in [0.5, 0.6) is 5.75 Å². The van der Waals surface area contributed by atoms with Crippen LogP contribution in [0.25, 0.3) is 0 Å². The van der Waals surface area contributed by atoms with Gasteiger partial charge in [-0.05, 0) is 44.6 Å². The first-order valence-corrected chi connectivity index (χ1v) is 9.45. The molecule has 0 aromatic heterocycles. The molecule has 2 N–H and O–H groups in total. The molecule has 1 heterocycles. The zero-order valence-electron chi connectivity index (χ0n) is 15.3. The number of fused-ring (bicyclic) bond motifs is 1. The van der Waals surface area contributed by atoms with E-state index in [1.165, 1.54) is 0 Å². The lowest BCUT2D eigenvalue weighted by molar-refractivity contribution is -0.131. The maximum Gasteiger partial charge on any atom is 0.224 e. The Morgan fingerprint density at radius 2 is 2.08 bits per heavy atom. The van der Waals surface area contributed by atoms with Crippen molar-refractivity contribution in [1.29, 1.82) is 0 Å². The molecule has 2 fully saturated rings. The van der Waals surface area contributed by atoms with Crippen LogP contribution >= 0.6 is 0 Å². The van der Waals surface area contributed by atoms with Crippen molar-refractivity contribution in [2.75, 3.05) is 20.3 Å². The summed E-state index contributed by atoms with van der Waals surface area (Å²) < 4.78 is 11.2. The Hall–Kier alpha value is -1.59.